The molecule has 2 aromatic carbocycles. The first kappa shape index (κ1) is 21.2. The van der Waals surface area contributed by atoms with E-state index >= 15 is 0 Å². The molecule has 1 heterocycles. The molecular weight excluding hydrogens is 411 g/mol. The molecule has 0 aliphatic rings. The second kappa shape index (κ2) is 8.45. The molecule has 0 aliphatic carbocycles. The van der Waals surface area contributed by atoms with Crippen molar-refractivity contribution >= 4 is 40.7 Å². The van der Waals surface area contributed by atoms with Gasteiger partial charge in [-0.25, -0.2) is 9.48 Å². The maximum absolute atomic E-state index is 12.6. The highest BCUT2D eigenvalue weighted by molar-refractivity contribution is 6.44. The average molecular weight is 433 g/mol. The summed E-state index contributed by atoms with van der Waals surface area (Å²) >= 11 is 12.2. The number of benzene rings is 2. The Hall–Kier alpha value is -2.54. The van der Waals surface area contributed by atoms with Crippen molar-refractivity contribution in [1.29, 1.82) is 0 Å². The predicted octanol–water partition coefficient (Wildman–Crippen LogP) is 5.61. The molecule has 3 rings (SSSR count). The van der Waals surface area contributed by atoms with Gasteiger partial charge in [0.05, 0.1) is 33.7 Å². The summed E-state index contributed by atoms with van der Waals surface area (Å²) in [5, 5.41) is 20.1. The van der Waals surface area contributed by atoms with Gasteiger partial charge in [-0.1, -0.05) is 62.2 Å². The number of carbonyl (C=O) groups is 1. The molecule has 152 valence electrons. The number of aromatic nitrogens is 2. The first-order valence-corrected chi connectivity index (χ1v) is 9.77. The normalized spacial score (nSPS) is 11.4. The van der Waals surface area contributed by atoms with Crippen LogP contribution in [0.25, 0.3) is 5.69 Å². The van der Waals surface area contributed by atoms with E-state index in [1.807, 2.05) is 51.1 Å². The molecule has 3 aromatic rings. The Morgan fingerprint density at radius 2 is 1.79 bits per heavy atom. The second-order valence-corrected chi connectivity index (χ2v) is 8.37. The van der Waals surface area contributed by atoms with Crippen LogP contribution in [-0.4, -0.2) is 20.9 Å². The molecule has 8 heteroatoms. The number of nitrogens with one attached hydrogen (secondary N) is 2. The molecule has 0 spiro atoms. The molecule has 3 N–H and O–H groups in total. The number of amides is 2. The molecule has 0 unspecified atom stereocenters. The van der Waals surface area contributed by atoms with Crippen molar-refractivity contribution in [3.63, 3.8) is 0 Å². The Morgan fingerprint density at radius 1 is 1.10 bits per heavy atom. The minimum atomic E-state index is -0.470. The summed E-state index contributed by atoms with van der Waals surface area (Å²) in [5.74, 6) is 0.502. The van der Waals surface area contributed by atoms with Crippen molar-refractivity contribution < 1.29 is 9.90 Å². The van der Waals surface area contributed by atoms with Gasteiger partial charge >= 0.3 is 6.03 Å². The van der Waals surface area contributed by atoms with Gasteiger partial charge in [-0.05, 0) is 29.8 Å². The molecule has 2 amide bonds. The molecule has 6 nitrogen and oxygen atoms in total. The van der Waals surface area contributed by atoms with Crippen molar-refractivity contribution in [1.82, 2.24) is 9.78 Å². The fourth-order valence-electron chi connectivity index (χ4n) is 2.65. The lowest BCUT2D eigenvalue weighted by Crippen LogP contribution is -2.21. The first-order chi connectivity index (χ1) is 13.7. The van der Waals surface area contributed by atoms with Crippen LogP contribution in [0.3, 0.4) is 0 Å². The molecule has 0 saturated carbocycles. The van der Waals surface area contributed by atoms with Gasteiger partial charge in [-0.3, -0.25) is 5.32 Å². The number of urea groups is 1. The van der Waals surface area contributed by atoms with Crippen LogP contribution in [0, 0.1) is 0 Å². The van der Waals surface area contributed by atoms with E-state index in [0.717, 1.165) is 16.9 Å². The number of halogens is 2. The molecule has 0 radical (unpaired) electrons. The zero-order valence-corrected chi connectivity index (χ0v) is 17.8. The third-order valence-electron chi connectivity index (χ3n) is 4.28. The zero-order chi connectivity index (χ0) is 21.2. The number of rotatable bonds is 4. The molecule has 1 aromatic heterocycles. The SMILES string of the molecule is CC(C)(C)c1cc(NC(=O)Nc2cccc(Cl)c2Cl)n(-c2ccc(CO)cc2)n1. The number of aliphatic hydroxyl groups excluding tert-OH is 1. The highest BCUT2D eigenvalue weighted by atomic mass is 35.5. The van der Waals surface area contributed by atoms with E-state index in [4.69, 9.17) is 23.2 Å². The van der Waals surface area contributed by atoms with Gasteiger partial charge in [0.2, 0.25) is 0 Å². The number of aliphatic hydroxyl groups is 1. The average Bonchev–Trinajstić information content (AvgIpc) is 3.09. The molecule has 29 heavy (non-hydrogen) atoms. The zero-order valence-electron chi connectivity index (χ0n) is 16.3. The minimum absolute atomic E-state index is 0.0411. The fourth-order valence-corrected chi connectivity index (χ4v) is 2.99. The Kier molecular flexibility index (Phi) is 6.17. The van der Waals surface area contributed by atoms with E-state index in [-0.39, 0.29) is 17.0 Å². The predicted molar refractivity (Wildman–Crippen MR) is 117 cm³/mol. The van der Waals surface area contributed by atoms with Crippen LogP contribution in [-0.2, 0) is 12.0 Å². The van der Waals surface area contributed by atoms with Crippen LogP contribution < -0.4 is 10.6 Å². The molecule has 0 saturated heterocycles. The number of hydrogen-bond acceptors (Lipinski definition) is 3. The molecule has 0 aliphatic heterocycles. The largest absolute Gasteiger partial charge is 0.392 e. The lowest BCUT2D eigenvalue weighted by atomic mass is 9.92. The third-order valence-corrected chi connectivity index (χ3v) is 5.10. The van der Waals surface area contributed by atoms with Gasteiger partial charge in [0.1, 0.15) is 5.82 Å². The van der Waals surface area contributed by atoms with Crippen molar-refractivity contribution in [2.24, 2.45) is 0 Å². The monoisotopic (exact) mass is 432 g/mol. The maximum Gasteiger partial charge on any atom is 0.324 e. The summed E-state index contributed by atoms with van der Waals surface area (Å²) in [5.41, 5.74) is 2.57. The quantitative estimate of drug-likeness (QED) is 0.500. The maximum atomic E-state index is 12.6. The van der Waals surface area contributed by atoms with Crippen molar-refractivity contribution in [2.75, 3.05) is 10.6 Å². The molecular formula is C21H22Cl2N4O2. The highest BCUT2D eigenvalue weighted by Crippen LogP contribution is 2.30. The Balaban J connectivity index is 1.91. The van der Waals surface area contributed by atoms with Gasteiger partial charge in [0, 0.05) is 11.5 Å². The van der Waals surface area contributed by atoms with Gasteiger partial charge in [0.25, 0.3) is 0 Å². The molecule has 0 bridgehead atoms. The van der Waals surface area contributed by atoms with Gasteiger partial charge in [-0.15, -0.1) is 0 Å². The van der Waals surface area contributed by atoms with Crippen molar-refractivity contribution in [3.05, 3.63) is 69.8 Å². The van der Waals surface area contributed by atoms with Crippen LogP contribution in [0.5, 0.6) is 0 Å². The van der Waals surface area contributed by atoms with Gasteiger partial charge in [0.15, 0.2) is 0 Å². The second-order valence-electron chi connectivity index (χ2n) is 7.58. The van der Waals surface area contributed by atoms with E-state index in [1.54, 1.807) is 22.9 Å². The fraction of sp³-hybridized carbons (Fsp3) is 0.238. The number of anilines is 2. The van der Waals surface area contributed by atoms with E-state index in [9.17, 15) is 9.90 Å². The summed E-state index contributed by atoms with van der Waals surface area (Å²) in [6, 6.07) is 13.7. The van der Waals surface area contributed by atoms with Crippen LogP contribution in [0.2, 0.25) is 10.0 Å². The van der Waals surface area contributed by atoms with E-state index in [1.165, 1.54) is 0 Å². The summed E-state index contributed by atoms with van der Waals surface area (Å²) < 4.78 is 1.65. The van der Waals surface area contributed by atoms with E-state index in [2.05, 4.69) is 15.7 Å². The standard InChI is InChI=1S/C21H22Cl2N4O2/c1-21(2,3)17-11-18(27(26-17)14-9-7-13(12-28)8-10-14)25-20(29)24-16-6-4-5-15(22)19(16)23/h4-11,28H,12H2,1-3H3,(H2,24,25,29). The summed E-state index contributed by atoms with van der Waals surface area (Å²) in [7, 11) is 0. The molecule has 0 atom stereocenters. The number of nitrogens with zero attached hydrogens (tertiary/aromatic N) is 2. The van der Waals surface area contributed by atoms with Crippen LogP contribution in [0.1, 0.15) is 32.0 Å². The topological polar surface area (TPSA) is 79.2 Å². The Morgan fingerprint density at radius 3 is 2.41 bits per heavy atom. The van der Waals surface area contributed by atoms with Crippen molar-refractivity contribution in [2.45, 2.75) is 32.8 Å². The van der Waals surface area contributed by atoms with Crippen LogP contribution in [0.15, 0.2) is 48.5 Å². The highest BCUT2D eigenvalue weighted by Gasteiger charge is 2.22. The van der Waals surface area contributed by atoms with E-state index in [0.29, 0.717) is 16.5 Å². The molecule has 0 fully saturated rings. The van der Waals surface area contributed by atoms with Gasteiger partial charge < -0.3 is 10.4 Å². The smallest absolute Gasteiger partial charge is 0.324 e. The van der Waals surface area contributed by atoms with Crippen LogP contribution in [0.4, 0.5) is 16.3 Å². The summed E-state index contributed by atoms with van der Waals surface area (Å²) in [6.07, 6.45) is 0. The van der Waals surface area contributed by atoms with Crippen LogP contribution >= 0.6 is 23.2 Å². The minimum Gasteiger partial charge on any atom is -0.392 e. The lowest BCUT2D eigenvalue weighted by Gasteiger charge is -2.14. The van der Waals surface area contributed by atoms with E-state index < -0.39 is 6.03 Å². The number of hydrogen-bond donors (Lipinski definition) is 3. The number of carbonyl (C=O) groups excluding carboxylic acids is 1. The Labute approximate surface area is 179 Å². The Bertz CT molecular complexity index is 1020. The van der Waals surface area contributed by atoms with Crippen molar-refractivity contribution in [3.8, 4) is 5.69 Å². The van der Waals surface area contributed by atoms with Gasteiger partial charge in [-0.2, -0.15) is 5.10 Å². The summed E-state index contributed by atoms with van der Waals surface area (Å²) in [4.78, 5) is 12.6. The summed E-state index contributed by atoms with van der Waals surface area (Å²) in [6.45, 7) is 6.10. The first-order valence-electron chi connectivity index (χ1n) is 9.02. The third kappa shape index (κ3) is 4.90. The lowest BCUT2D eigenvalue weighted by molar-refractivity contribution is 0.262.